The Balaban J connectivity index is 2.10. The van der Waals surface area contributed by atoms with Gasteiger partial charge in [0, 0.05) is 6.20 Å². The van der Waals surface area contributed by atoms with Crippen molar-refractivity contribution in [1.29, 1.82) is 0 Å². The predicted molar refractivity (Wildman–Crippen MR) is 93.2 cm³/mol. The zero-order valence-electron chi connectivity index (χ0n) is 14.0. The van der Waals surface area contributed by atoms with Crippen LogP contribution in [0, 0.1) is 20.8 Å². The van der Waals surface area contributed by atoms with Crippen molar-refractivity contribution in [3.05, 3.63) is 53.3 Å². The van der Waals surface area contributed by atoms with Gasteiger partial charge < -0.3 is 4.74 Å². The molecule has 126 valence electrons. The second-order valence-electron chi connectivity index (χ2n) is 5.65. The van der Waals surface area contributed by atoms with Gasteiger partial charge in [0.25, 0.3) is 10.0 Å². The van der Waals surface area contributed by atoms with Crippen LogP contribution < -0.4 is 9.46 Å². The minimum Gasteiger partial charge on any atom is -0.496 e. The Morgan fingerprint density at radius 1 is 1.17 bits per heavy atom. The number of methoxy groups -OCH3 is 1. The third kappa shape index (κ3) is 2.60. The molecular weight excluding hydrogens is 326 g/mol. The van der Waals surface area contributed by atoms with Crippen LogP contribution in [0.4, 0.5) is 5.82 Å². The van der Waals surface area contributed by atoms with Crippen LogP contribution in [0.2, 0.25) is 0 Å². The molecule has 0 radical (unpaired) electrons. The molecule has 0 bridgehead atoms. The quantitative estimate of drug-likeness (QED) is 0.789. The van der Waals surface area contributed by atoms with E-state index in [1.54, 1.807) is 37.6 Å². The Bertz CT molecular complexity index is 1020. The lowest BCUT2D eigenvalue weighted by Crippen LogP contribution is -2.17. The molecule has 0 aliphatic heterocycles. The molecule has 2 aromatic heterocycles. The van der Waals surface area contributed by atoms with E-state index >= 15 is 0 Å². The van der Waals surface area contributed by atoms with Gasteiger partial charge >= 0.3 is 0 Å². The van der Waals surface area contributed by atoms with Gasteiger partial charge in [-0.15, -0.1) is 0 Å². The van der Waals surface area contributed by atoms with Gasteiger partial charge in [0.2, 0.25) is 0 Å². The molecular formula is C17H19N3O3S. The molecule has 0 fully saturated rings. The molecule has 0 atom stereocenters. The van der Waals surface area contributed by atoms with Crippen LogP contribution in [0.5, 0.6) is 5.75 Å². The first-order chi connectivity index (χ1) is 11.3. The van der Waals surface area contributed by atoms with Gasteiger partial charge in [0.05, 0.1) is 18.2 Å². The van der Waals surface area contributed by atoms with Crippen molar-refractivity contribution in [2.24, 2.45) is 0 Å². The molecule has 0 amide bonds. The third-order valence-electron chi connectivity index (χ3n) is 4.12. The fraction of sp³-hybridized carbons (Fsp3) is 0.235. The molecule has 1 aromatic carbocycles. The minimum absolute atomic E-state index is 0.270. The fourth-order valence-electron chi connectivity index (χ4n) is 2.84. The van der Waals surface area contributed by atoms with Crippen molar-refractivity contribution in [3.8, 4) is 5.75 Å². The maximum atomic E-state index is 12.9. The number of anilines is 1. The monoisotopic (exact) mass is 345 g/mol. The number of aromatic nitrogens is 2. The molecule has 3 rings (SSSR count). The third-order valence-corrected chi connectivity index (χ3v) is 5.77. The number of imidazole rings is 1. The summed E-state index contributed by atoms with van der Waals surface area (Å²) in [5.74, 6) is 1.08. The number of rotatable bonds is 4. The fourth-order valence-corrected chi connectivity index (χ4v) is 4.41. The zero-order chi connectivity index (χ0) is 17.5. The van der Waals surface area contributed by atoms with E-state index in [4.69, 9.17) is 4.74 Å². The number of nitrogens with one attached hydrogen (secondary N) is 1. The summed E-state index contributed by atoms with van der Waals surface area (Å²) in [6, 6.07) is 7.22. The molecule has 2 heterocycles. The maximum Gasteiger partial charge on any atom is 0.263 e. The highest BCUT2D eigenvalue weighted by molar-refractivity contribution is 7.92. The molecule has 0 spiro atoms. The average molecular weight is 345 g/mol. The Morgan fingerprint density at radius 3 is 2.62 bits per heavy atom. The summed E-state index contributed by atoms with van der Waals surface area (Å²) in [6.07, 6.45) is 3.27. The summed E-state index contributed by atoms with van der Waals surface area (Å²) in [5.41, 5.74) is 2.79. The zero-order valence-corrected chi connectivity index (χ0v) is 14.8. The SMILES string of the molecule is COc1cc(C)c(S(=O)(=O)Nc2cnc3ccccn23)c(C)c1C. The van der Waals surface area contributed by atoms with E-state index in [1.165, 1.54) is 6.20 Å². The van der Waals surface area contributed by atoms with Crippen LogP contribution in [0.1, 0.15) is 16.7 Å². The van der Waals surface area contributed by atoms with Crippen molar-refractivity contribution >= 4 is 21.5 Å². The van der Waals surface area contributed by atoms with Crippen LogP contribution >= 0.6 is 0 Å². The van der Waals surface area contributed by atoms with Gasteiger partial charge in [0.15, 0.2) is 0 Å². The molecule has 6 nitrogen and oxygen atoms in total. The summed E-state index contributed by atoms with van der Waals surface area (Å²) in [4.78, 5) is 4.47. The van der Waals surface area contributed by atoms with Crippen molar-refractivity contribution < 1.29 is 13.2 Å². The van der Waals surface area contributed by atoms with Crippen LogP contribution in [0.3, 0.4) is 0 Å². The van der Waals surface area contributed by atoms with Gasteiger partial charge in [-0.05, 0) is 55.7 Å². The van der Waals surface area contributed by atoms with E-state index in [1.807, 2.05) is 25.1 Å². The number of nitrogens with zero attached hydrogens (tertiary/aromatic N) is 2. The lowest BCUT2D eigenvalue weighted by molar-refractivity contribution is 0.410. The molecule has 1 N–H and O–H groups in total. The number of sulfonamides is 1. The number of fused-ring (bicyclic) bond motifs is 1. The second-order valence-corrected chi connectivity index (χ2v) is 7.27. The molecule has 0 saturated carbocycles. The van der Waals surface area contributed by atoms with Gasteiger partial charge in [-0.3, -0.25) is 9.12 Å². The molecule has 3 aromatic rings. The Labute approximate surface area is 141 Å². The van der Waals surface area contributed by atoms with E-state index in [-0.39, 0.29) is 4.90 Å². The number of hydrogen-bond acceptors (Lipinski definition) is 4. The molecule has 24 heavy (non-hydrogen) atoms. The second kappa shape index (κ2) is 5.83. The molecule has 0 aliphatic rings. The topological polar surface area (TPSA) is 72.7 Å². The minimum atomic E-state index is -3.75. The first-order valence-electron chi connectivity index (χ1n) is 7.45. The summed E-state index contributed by atoms with van der Waals surface area (Å²) in [5, 5.41) is 0. The molecule has 7 heteroatoms. The normalized spacial score (nSPS) is 11.7. The number of aryl methyl sites for hydroxylation is 1. The van der Waals surface area contributed by atoms with Crippen molar-refractivity contribution in [1.82, 2.24) is 9.38 Å². The Kier molecular flexibility index (Phi) is 3.96. The van der Waals surface area contributed by atoms with Crippen LogP contribution in [0.15, 0.2) is 41.6 Å². The summed E-state index contributed by atoms with van der Waals surface area (Å²) >= 11 is 0. The number of hydrogen-bond donors (Lipinski definition) is 1. The largest absolute Gasteiger partial charge is 0.496 e. The van der Waals surface area contributed by atoms with Gasteiger partial charge in [0.1, 0.15) is 17.2 Å². The smallest absolute Gasteiger partial charge is 0.263 e. The first-order valence-corrected chi connectivity index (χ1v) is 8.93. The van der Waals surface area contributed by atoms with E-state index in [0.717, 1.165) is 5.56 Å². The summed E-state index contributed by atoms with van der Waals surface area (Å²) in [6.45, 7) is 5.40. The van der Waals surface area contributed by atoms with E-state index in [9.17, 15) is 8.42 Å². The maximum absolute atomic E-state index is 12.9. The van der Waals surface area contributed by atoms with Gasteiger partial charge in [-0.1, -0.05) is 6.07 Å². The van der Waals surface area contributed by atoms with Crippen LogP contribution in [-0.2, 0) is 10.0 Å². The summed E-state index contributed by atoms with van der Waals surface area (Å²) in [7, 11) is -2.17. The predicted octanol–water partition coefficient (Wildman–Crippen LogP) is 3.07. The number of pyridine rings is 1. The lowest BCUT2D eigenvalue weighted by atomic mass is 10.1. The van der Waals surface area contributed by atoms with Crippen LogP contribution in [-0.4, -0.2) is 24.9 Å². The molecule has 0 unspecified atom stereocenters. The van der Waals surface area contributed by atoms with E-state index in [0.29, 0.717) is 28.3 Å². The van der Waals surface area contributed by atoms with Crippen molar-refractivity contribution in [2.45, 2.75) is 25.7 Å². The van der Waals surface area contributed by atoms with Gasteiger partial charge in [-0.2, -0.15) is 0 Å². The van der Waals surface area contributed by atoms with E-state index < -0.39 is 10.0 Å². The Morgan fingerprint density at radius 2 is 1.92 bits per heavy atom. The van der Waals surface area contributed by atoms with Crippen molar-refractivity contribution in [3.63, 3.8) is 0 Å². The number of benzene rings is 1. The number of ether oxygens (including phenoxy) is 1. The van der Waals surface area contributed by atoms with Crippen LogP contribution in [0.25, 0.3) is 5.65 Å². The highest BCUT2D eigenvalue weighted by Crippen LogP contribution is 2.31. The first kappa shape index (κ1) is 16.3. The molecule has 0 saturated heterocycles. The Hall–Kier alpha value is -2.54. The lowest BCUT2D eigenvalue weighted by Gasteiger charge is -2.17. The average Bonchev–Trinajstić information content (AvgIpc) is 2.93. The summed E-state index contributed by atoms with van der Waals surface area (Å²) < 4.78 is 35.5. The standard InChI is InChI=1S/C17H19N3O3S/c1-11-9-14(23-4)12(2)13(3)17(11)24(21,22)19-16-10-18-15-7-5-6-8-20(15)16/h5-10,19H,1-4H3. The van der Waals surface area contributed by atoms with Crippen molar-refractivity contribution in [2.75, 3.05) is 11.8 Å². The highest BCUT2D eigenvalue weighted by Gasteiger charge is 2.23. The molecule has 0 aliphatic carbocycles. The van der Waals surface area contributed by atoms with E-state index in [2.05, 4.69) is 9.71 Å². The highest BCUT2D eigenvalue weighted by atomic mass is 32.2. The van der Waals surface area contributed by atoms with Gasteiger partial charge in [-0.25, -0.2) is 13.4 Å².